The first-order valence-electron chi connectivity index (χ1n) is 4.47. The lowest BCUT2D eigenvalue weighted by molar-refractivity contribution is 0.989. The molecule has 0 bridgehead atoms. The van der Waals surface area contributed by atoms with Gasteiger partial charge in [-0.2, -0.15) is 0 Å². The van der Waals surface area contributed by atoms with Crippen molar-refractivity contribution >= 4 is 33.9 Å². The highest BCUT2D eigenvalue weighted by atomic mass is 32.2. The highest BCUT2D eigenvalue weighted by molar-refractivity contribution is 8.00. The lowest BCUT2D eigenvalue weighted by Gasteiger charge is -2.14. The first kappa shape index (κ1) is 10.4. The van der Waals surface area contributed by atoms with Crippen LogP contribution in [0.1, 0.15) is 0 Å². The van der Waals surface area contributed by atoms with Gasteiger partial charge in [-0.25, -0.2) is 0 Å². The van der Waals surface area contributed by atoms with Gasteiger partial charge in [0.1, 0.15) is 0 Å². The van der Waals surface area contributed by atoms with Crippen molar-refractivity contribution in [3.05, 3.63) is 30.3 Å². The number of aromatic nitrogens is 2. The van der Waals surface area contributed by atoms with E-state index >= 15 is 0 Å². The van der Waals surface area contributed by atoms with Crippen molar-refractivity contribution in [3.8, 4) is 0 Å². The Balaban J connectivity index is 2.24. The normalized spacial score (nSPS) is 10.3. The summed E-state index contributed by atoms with van der Waals surface area (Å²) >= 11 is 3.22. The molecule has 0 saturated heterocycles. The van der Waals surface area contributed by atoms with Gasteiger partial charge in [-0.1, -0.05) is 41.3 Å². The fourth-order valence-electron chi connectivity index (χ4n) is 1.18. The molecule has 1 aromatic heterocycles. The third-order valence-electron chi connectivity index (χ3n) is 2.00. The molecule has 0 spiro atoms. The van der Waals surface area contributed by atoms with E-state index in [4.69, 9.17) is 0 Å². The van der Waals surface area contributed by atoms with Gasteiger partial charge in [0.25, 0.3) is 0 Å². The van der Waals surface area contributed by atoms with Crippen LogP contribution in [0.15, 0.2) is 34.7 Å². The topological polar surface area (TPSA) is 29.0 Å². The number of nitrogens with zero attached hydrogens (tertiary/aromatic N) is 3. The third kappa shape index (κ3) is 2.30. The van der Waals surface area contributed by atoms with Gasteiger partial charge in [-0.05, 0) is 18.4 Å². The fraction of sp³-hybridized carbons (Fsp3) is 0.200. The molecular weight excluding hydrogens is 226 g/mol. The molecule has 0 aliphatic carbocycles. The van der Waals surface area contributed by atoms with Crippen molar-refractivity contribution in [2.24, 2.45) is 0 Å². The van der Waals surface area contributed by atoms with Gasteiger partial charge in [0.2, 0.25) is 5.13 Å². The molecule has 0 N–H and O–H groups in total. The molecule has 15 heavy (non-hydrogen) atoms. The molecule has 2 rings (SSSR count). The molecule has 0 aliphatic rings. The van der Waals surface area contributed by atoms with Crippen LogP contribution in [0.2, 0.25) is 0 Å². The number of benzene rings is 1. The molecule has 0 radical (unpaired) electrons. The van der Waals surface area contributed by atoms with Crippen LogP contribution in [0.3, 0.4) is 0 Å². The van der Waals surface area contributed by atoms with Crippen molar-refractivity contribution in [1.82, 2.24) is 10.2 Å². The van der Waals surface area contributed by atoms with E-state index in [9.17, 15) is 0 Å². The van der Waals surface area contributed by atoms with Gasteiger partial charge < -0.3 is 4.90 Å². The number of para-hydroxylation sites is 1. The summed E-state index contributed by atoms with van der Waals surface area (Å²) in [5, 5.41) is 9.13. The van der Waals surface area contributed by atoms with E-state index in [0.29, 0.717) is 0 Å². The minimum absolute atomic E-state index is 0.922. The van der Waals surface area contributed by atoms with E-state index in [0.717, 1.165) is 15.2 Å². The summed E-state index contributed by atoms with van der Waals surface area (Å²) in [6, 6.07) is 10.1. The van der Waals surface area contributed by atoms with Gasteiger partial charge in [0, 0.05) is 12.7 Å². The van der Waals surface area contributed by atoms with E-state index < -0.39 is 0 Å². The largest absolute Gasteiger partial charge is 0.319 e. The van der Waals surface area contributed by atoms with Gasteiger partial charge in [-0.3, -0.25) is 0 Å². The van der Waals surface area contributed by atoms with Crippen LogP contribution >= 0.6 is 23.1 Å². The Morgan fingerprint density at radius 3 is 2.53 bits per heavy atom. The summed E-state index contributed by atoms with van der Waals surface area (Å²) < 4.78 is 0.993. The molecule has 78 valence electrons. The Bertz CT molecular complexity index is 427. The second-order valence-corrected chi connectivity index (χ2v) is 4.96. The van der Waals surface area contributed by atoms with Gasteiger partial charge in [0.15, 0.2) is 4.34 Å². The zero-order chi connectivity index (χ0) is 10.7. The zero-order valence-electron chi connectivity index (χ0n) is 8.54. The monoisotopic (exact) mass is 237 g/mol. The van der Waals surface area contributed by atoms with Crippen LogP contribution in [0.5, 0.6) is 0 Å². The number of hydrogen-bond acceptors (Lipinski definition) is 5. The molecule has 0 unspecified atom stereocenters. The second kappa shape index (κ2) is 4.63. The smallest absolute Gasteiger partial charge is 0.213 e. The summed E-state index contributed by atoms with van der Waals surface area (Å²) in [4.78, 5) is 2.04. The Kier molecular flexibility index (Phi) is 3.23. The maximum absolute atomic E-state index is 4.14. The first-order valence-corrected chi connectivity index (χ1v) is 6.51. The van der Waals surface area contributed by atoms with Crippen LogP contribution in [0.4, 0.5) is 10.8 Å². The summed E-state index contributed by atoms with van der Waals surface area (Å²) in [6.45, 7) is 0. The molecule has 0 amide bonds. The number of rotatable bonds is 3. The summed E-state index contributed by atoms with van der Waals surface area (Å²) in [7, 11) is 2.00. The Labute approximate surface area is 97.1 Å². The van der Waals surface area contributed by atoms with Crippen molar-refractivity contribution in [1.29, 1.82) is 0 Å². The molecule has 2 aromatic rings. The Morgan fingerprint density at radius 2 is 1.93 bits per heavy atom. The van der Waals surface area contributed by atoms with E-state index in [1.165, 1.54) is 0 Å². The molecule has 0 fully saturated rings. The molecule has 0 aliphatic heterocycles. The SMILES string of the molecule is CSc1nnc(N(C)c2ccccc2)s1. The van der Waals surface area contributed by atoms with Crippen LogP contribution in [-0.2, 0) is 0 Å². The van der Waals surface area contributed by atoms with Gasteiger partial charge in [0.05, 0.1) is 0 Å². The van der Waals surface area contributed by atoms with Crippen LogP contribution in [0, 0.1) is 0 Å². The summed E-state index contributed by atoms with van der Waals surface area (Å²) in [5.74, 6) is 0. The quantitative estimate of drug-likeness (QED) is 0.767. The average Bonchev–Trinajstić information content (AvgIpc) is 2.78. The average molecular weight is 237 g/mol. The first-order chi connectivity index (χ1) is 7.31. The zero-order valence-corrected chi connectivity index (χ0v) is 10.2. The summed E-state index contributed by atoms with van der Waals surface area (Å²) in [5.41, 5.74) is 1.13. The van der Waals surface area contributed by atoms with Crippen molar-refractivity contribution in [3.63, 3.8) is 0 Å². The highest BCUT2D eigenvalue weighted by Gasteiger charge is 2.09. The number of hydrogen-bond donors (Lipinski definition) is 0. The standard InChI is InChI=1S/C10H11N3S2/c1-13(8-6-4-3-5-7-8)9-11-12-10(14-2)15-9/h3-7H,1-2H3. The predicted octanol–water partition coefficient (Wildman–Crippen LogP) is 3.03. The van der Waals surface area contributed by atoms with Gasteiger partial charge in [-0.15, -0.1) is 10.2 Å². The van der Waals surface area contributed by atoms with E-state index in [-0.39, 0.29) is 0 Å². The third-order valence-corrected chi connectivity index (χ3v) is 3.98. The number of thioether (sulfide) groups is 1. The molecule has 1 heterocycles. The van der Waals surface area contributed by atoms with Crippen LogP contribution < -0.4 is 4.90 Å². The van der Waals surface area contributed by atoms with Crippen LogP contribution in [0.25, 0.3) is 0 Å². The highest BCUT2D eigenvalue weighted by Crippen LogP contribution is 2.29. The maximum atomic E-state index is 4.14. The predicted molar refractivity (Wildman–Crippen MR) is 66.2 cm³/mol. The fourth-order valence-corrected chi connectivity index (χ4v) is 2.42. The molecule has 1 aromatic carbocycles. The van der Waals surface area contributed by atoms with Gasteiger partial charge >= 0.3 is 0 Å². The van der Waals surface area contributed by atoms with E-state index in [1.54, 1.807) is 23.1 Å². The van der Waals surface area contributed by atoms with Crippen molar-refractivity contribution < 1.29 is 0 Å². The maximum Gasteiger partial charge on any atom is 0.213 e. The molecule has 0 saturated carbocycles. The minimum atomic E-state index is 0.922. The molecule has 0 atom stereocenters. The summed E-state index contributed by atoms with van der Waals surface area (Å²) in [6.07, 6.45) is 2.01. The Morgan fingerprint density at radius 1 is 1.20 bits per heavy atom. The Hall–Kier alpha value is -1.07. The lowest BCUT2D eigenvalue weighted by Crippen LogP contribution is -2.08. The second-order valence-electron chi connectivity index (χ2n) is 2.95. The van der Waals surface area contributed by atoms with E-state index in [2.05, 4.69) is 22.3 Å². The molecule has 5 heteroatoms. The molecule has 3 nitrogen and oxygen atoms in total. The molecular formula is C10H11N3S2. The lowest BCUT2D eigenvalue weighted by atomic mass is 10.3. The number of anilines is 2. The van der Waals surface area contributed by atoms with Crippen molar-refractivity contribution in [2.75, 3.05) is 18.2 Å². The van der Waals surface area contributed by atoms with E-state index in [1.807, 2.05) is 36.4 Å². The van der Waals surface area contributed by atoms with Crippen molar-refractivity contribution in [2.45, 2.75) is 4.34 Å². The van der Waals surface area contributed by atoms with Crippen LogP contribution in [-0.4, -0.2) is 23.5 Å². The minimum Gasteiger partial charge on any atom is -0.319 e.